The minimum absolute atomic E-state index is 0.0743. The van der Waals surface area contributed by atoms with E-state index in [0.29, 0.717) is 26.3 Å². The van der Waals surface area contributed by atoms with Crippen LogP contribution in [0.3, 0.4) is 0 Å². The second-order valence-electron chi connectivity index (χ2n) is 7.67. The van der Waals surface area contributed by atoms with Gasteiger partial charge in [-0.25, -0.2) is 0 Å². The van der Waals surface area contributed by atoms with Gasteiger partial charge in [-0.05, 0) is 34.4 Å². The van der Waals surface area contributed by atoms with Gasteiger partial charge in [0.2, 0.25) is 5.91 Å². The van der Waals surface area contributed by atoms with Gasteiger partial charge in [0, 0.05) is 13.1 Å². The molecule has 2 aliphatic heterocycles. The lowest BCUT2D eigenvalue weighted by atomic mass is 9.89. The fraction of sp³-hybridized carbons (Fsp3) is 0.240. The summed E-state index contributed by atoms with van der Waals surface area (Å²) < 4.78 is 12.0. The van der Waals surface area contributed by atoms with E-state index in [0.717, 1.165) is 28.0 Å². The largest absolute Gasteiger partial charge is 0.489 e. The molecule has 2 aliphatic rings. The Balaban J connectivity index is 1.32. The van der Waals surface area contributed by atoms with Crippen LogP contribution in [0.15, 0.2) is 78.9 Å². The zero-order valence-electron chi connectivity index (χ0n) is 16.2. The average Bonchev–Trinajstić information content (AvgIpc) is 3.09. The van der Waals surface area contributed by atoms with Crippen LogP contribution in [-0.4, -0.2) is 23.5 Å². The Bertz CT molecular complexity index is 1000. The molecule has 4 heteroatoms. The van der Waals surface area contributed by atoms with Crippen molar-refractivity contribution in [1.82, 2.24) is 4.90 Å². The van der Waals surface area contributed by atoms with Crippen molar-refractivity contribution in [3.63, 3.8) is 0 Å². The summed E-state index contributed by atoms with van der Waals surface area (Å²) in [5.74, 6) is 0.740. The first kappa shape index (κ1) is 18.0. The summed E-state index contributed by atoms with van der Waals surface area (Å²) in [7, 11) is 0. The van der Waals surface area contributed by atoms with E-state index in [1.165, 1.54) is 0 Å². The molecule has 3 aromatic rings. The van der Waals surface area contributed by atoms with Gasteiger partial charge in [0.05, 0.1) is 18.6 Å². The molecule has 4 nitrogen and oxygen atoms in total. The Kier molecular flexibility index (Phi) is 4.78. The van der Waals surface area contributed by atoms with Gasteiger partial charge in [0.1, 0.15) is 12.4 Å². The second kappa shape index (κ2) is 7.72. The molecule has 5 rings (SSSR count). The summed E-state index contributed by atoms with van der Waals surface area (Å²) >= 11 is 0. The molecule has 2 heterocycles. The Labute approximate surface area is 170 Å². The van der Waals surface area contributed by atoms with Gasteiger partial charge in [-0.2, -0.15) is 0 Å². The van der Waals surface area contributed by atoms with Crippen molar-refractivity contribution >= 4 is 5.91 Å². The van der Waals surface area contributed by atoms with Crippen LogP contribution in [0, 0.1) is 0 Å². The minimum atomic E-state index is -0.217. The molecular formula is C25H23NO3. The summed E-state index contributed by atoms with van der Waals surface area (Å²) in [4.78, 5) is 15.0. The first-order valence-electron chi connectivity index (χ1n) is 10.0. The van der Waals surface area contributed by atoms with Crippen molar-refractivity contribution in [3.05, 3.63) is 101 Å². The molecule has 3 aromatic carbocycles. The second-order valence-corrected chi connectivity index (χ2v) is 7.67. The lowest BCUT2D eigenvalue weighted by molar-refractivity contribution is -0.130. The van der Waals surface area contributed by atoms with E-state index in [-0.39, 0.29) is 17.9 Å². The van der Waals surface area contributed by atoms with Crippen molar-refractivity contribution in [3.8, 4) is 5.75 Å². The van der Waals surface area contributed by atoms with Crippen LogP contribution < -0.4 is 4.74 Å². The zero-order chi connectivity index (χ0) is 19.6. The number of fused-ring (bicyclic) bond motifs is 3. The van der Waals surface area contributed by atoms with Gasteiger partial charge in [-0.1, -0.05) is 66.7 Å². The van der Waals surface area contributed by atoms with Crippen LogP contribution in [0.25, 0.3) is 0 Å². The van der Waals surface area contributed by atoms with Crippen LogP contribution in [0.1, 0.15) is 28.2 Å². The Morgan fingerprint density at radius 2 is 1.66 bits per heavy atom. The number of rotatable bonds is 5. The number of carbonyl (C=O) groups excluding carboxylic acids is 1. The van der Waals surface area contributed by atoms with Crippen LogP contribution in [0.4, 0.5) is 0 Å². The Morgan fingerprint density at radius 1 is 0.931 bits per heavy atom. The van der Waals surface area contributed by atoms with Crippen molar-refractivity contribution in [2.45, 2.75) is 31.8 Å². The van der Waals surface area contributed by atoms with Gasteiger partial charge in [-0.15, -0.1) is 0 Å². The van der Waals surface area contributed by atoms with Crippen LogP contribution in [-0.2, 0) is 29.3 Å². The summed E-state index contributed by atoms with van der Waals surface area (Å²) in [6, 6.07) is 26.2. The standard InChI is InChI=1S/C25H23NO3/c27-25-24-22-12-11-21(28-16-19-9-5-2-6-10-19)13-20(22)17-29-23(24)15-26(25)14-18-7-3-1-4-8-18/h1-13,23-24H,14-17H2/t23-,24+/m1/s1. The fourth-order valence-corrected chi connectivity index (χ4v) is 4.23. The SMILES string of the molecule is O=C1[C@H]2c3ccc(OCc4ccccc4)cc3CO[C@@H]2CN1Cc1ccccc1. The molecule has 0 unspecified atom stereocenters. The van der Waals surface area contributed by atoms with Crippen LogP contribution >= 0.6 is 0 Å². The highest BCUT2D eigenvalue weighted by Gasteiger charge is 2.45. The Hall–Kier alpha value is -3.11. The first-order valence-corrected chi connectivity index (χ1v) is 10.0. The van der Waals surface area contributed by atoms with E-state index in [1.807, 2.05) is 71.6 Å². The maximum atomic E-state index is 13.1. The van der Waals surface area contributed by atoms with E-state index < -0.39 is 0 Å². The molecule has 0 bridgehead atoms. The van der Waals surface area contributed by atoms with E-state index in [9.17, 15) is 4.79 Å². The molecule has 1 fully saturated rings. The molecule has 0 N–H and O–H groups in total. The summed E-state index contributed by atoms with van der Waals surface area (Å²) in [5.41, 5.74) is 4.40. The van der Waals surface area contributed by atoms with E-state index >= 15 is 0 Å². The smallest absolute Gasteiger partial charge is 0.233 e. The van der Waals surface area contributed by atoms with Crippen molar-refractivity contribution in [2.24, 2.45) is 0 Å². The number of likely N-dealkylation sites (tertiary alicyclic amines) is 1. The van der Waals surface area contributed by atoms with E-state index in [2.05, 4.69) is 12.1 Å². The van der Waals surface area contributed by atoms with Crippen LogP contribution in [0.2, 0.25) is 0 Å². The molecule has 0 aliphatic carbocycles. The number of hydrogen-bond donors (Lipinski definition) is 0. The molecule has 0 spiro atoms. The number of hydrogen-bond acceptors (Lipinski definition) is 3. The van der Waals surface area contributed by atoms with Gasteiger partial charge in [-0.3, -0.25) is 4.79 Å². The van der Waals surface area contributed by atoms with Gasteiger partial charge >= 0.3 is 0 Å². The molecule has 0 radical (unpaired) electrons. The molecule has 1 amide bonds. The number of carbonyl (C=O) groups is 1. The first-order chi connectivity index (χ1) is 14.3. The fourth-order valence-electron chi connectivity index (χ4n) is 4.23. The summed E-state index contributed by atoms with van der Waals surface area (Å²) in [6.45, 7) is 2.32. The number of ether oxygens (including phenoxy) is 2. The zero-order valence-corrected chi connectivity index (χ0v) is 16.2. The van der Waals surface area contributed by atoms with Gasteiger partial charge in [0.15, 0.2) is 0 Å². The summed E-state index contributed by atoms with van der Waals surface area (Å²) in [5, 5.41) is 0. The average molecular weight is 385 g/mol. The minimum Gasteiger partial charge on any atom is -0.489 e. The van der Waals surface area contributed by atoms with Gasteiger partial charge < -0.3 is 14.4 Å². The van der Waals surface area contributed by atoms with Crippen LogP contribution in [0.5, 0.6) is 5.75 Å². The van der Waals surface area contributed by atoms with Gasteiger partial charge in [0.25, 0.3) is 0 Å². The molecular weight excluding hydrogens is 362 g/mol. The quantitative estimate of drug-likeness (QED) is 0.658. The monoisotopic (exact) mass is 385 g/mol. The molecule has 0 saturated carbocycles. The highest BCUT2D eigenvalue weighted by atomic mass is 16.5. The normalized spacial score (nSPS) is 20.3. The maximum Gasteiger partial charge on any atom is 0.233 e. The molecule has 146 valence electrons. The number of nitrogens with zero attached hydrogens (tertiary/aromatic N) is 1. The summed E-state index contributed by atoms with van der Waals surface area (Å²) in [6.07, 6.45) is -0.0743. The lowest BCUT2D eigenvalue weighted by Gasteiger charge is -2.26. The third-order valence-electron chi connectivity index (χ3n) is 5.72. The number of benzene rings is 3. The molecule has 0 aromatic heterocycles. The number of amides is 1. The maximum absolute atomic E-state index is 13.1. The molecule has 2 atom stereocenters. The van der Waals surface area contributed by atoms with Crippen molar-refractivity contribution < 1.29 is 14.3 Å². The highest BCUT2D eigenvalue weighted by Crippen LogP contribution is 2.39. The third kappa shape index (κ3) is 3.64. The molecule has 1 saturated heterocycles. The Morgan fingerprint density at radius 3 is 2.41 bits per heavy atom. The lowest BCUT2D eigenvalue weighted by Crippen LogP contribution is -2.28. The van der Waals surface area contributed by atoms with E-state index in [4.69, 9.17) is 9.47 Å². The highest BCUT2D eigenvalue weighted by molar-refractivity contribution is 5.87. The molecule has 29 heavy (non-hydrogen) atoms. The predicted octanol–water partition coefficient (Wildman–Crippen LogP) is 4.29. The predicted molar refractivity (Wildman–Crippen MR) is 110 cm³/mol. The topological polar surface area (TPSA) is 38.8 Å². The van der Waals surface area contributed by atoms with Crippen molar-refractivity contribution in [1.29, 1.82) is 0 Å². The van der Waals surface area contributed by atoms with E-state index in [1.54, 1.807) is 0 Å². The third-order valence-corrected chi connectivity index (χ3v) is 5.72. The van der Waals surface area contributed by atoms with Crippen molar-refractivity contribution in [2.75, 3.05) is 6.54 Å².